The minimum absolute atomic E-state index is 0.159. The molecule has 0 saturated carbocycles. The number of carbonyl (C=O) groups is 1. The van der Waals surface area contributed by atoms with Gasteiger partial charge in [-0.3, -0.25) is 10.1 Å². The van der Waals surface area contributed by atoms with Crippen LogP contribution in [0.25, 0.3) is 11.3 Å². The molecule has 3 aromatic rings. The molecule has 24 heavy (non-hydrogen) atoms. The number of hydrogen-bond acceptors (Lipinski definition) is 4. The highest BCUT2D eigenvalue weighted by atomic mass is 32.1. The van der Waals surface area contributed by atoms with Crippen LogP contribution in [0, 0.1) is 25.2 Å². The van der Waals surface area contributed by atoms with E-state index in [2.05, 4.69) is 16.4 Å². The number of hydrogen-bond donors (Lipinski definition) is 1. The van der Waals surface area contributed by atoms with Gasteiger partial charge in [0.2, 0.25) is 0 Å². The van der Waals surface area contributed by atoms with E-state index in [-0.39, 0.29) is 5.91 Å². The van der Waals surface area contributed by atoms with Gasteiger partial charge in [0.15, 0.2) is 5.13 Å². The first kappa shape index (κ1) is 15.9. The highest BCUT2D eigenvalue weighted by Crippen LogP contribution is 2.25. The summed E-state index contributed by atoms with van der Waals surface area (Å²) in [4.78, 5) is 16.8. The number of nitrogens with one attached hydrogen (secondary N) is 1. The molecule has 0 aliphatic heterocycles. The van der Waals surface area contributed by atoms with Crippen molar-refractivity contribution >= 4 is 22.4 Å². The number of aryl methyl sites for hydroxylation is 2. The molecular formula is C19H15N3OS. The van der Waals surface area contributed by atoms with Gasteiger partial charge in [0.05, 0.1) is 17.3 Å². The number of carbonyl (C=O) groups excluding carboxylic acids is 1. The molecule has 0 aliphatic carbocycles. The first-order chi connectivity index (χ1) is 11.6. The summed E-state index contributed by atoms with van der Waals surface area (Å²) < 4.78 is 0. The lowest BCUT2D eigenvalue weighted by Gasteiger charge is -2.06. The van der Waals surface area contributed by atoms with E-state index in [1.807, 2.05) is 49.6 Å². The fourth-order valence-electron chi connectivity index (χ4n) is 2.41. The Kier molecular flexibility index (Phi) is 4.41. The summed E-state index contributed by atoms with van der Waals surface area (Å²) in [5.74, 6) is -0.159. The predicted octanol–water partition coefficient (Wildman–Crippen LogP) is 4.55. The fraction of sp³-hybridized carbons (Fsp3) is 0.105. The Bertz CT molecular complexity index is 936. The van der Waals surface area contributed by atoms with Gasteiger partial charge in [-0.05, 0) is 37.6 Å². The van der Waals surface area contributed by atoms with Crippen LogP contribution in [0.1, 0.15) is 27.0 Å². The van der Waals surface area contributed by atoms with E-state index in [4.69, 9.17) is 5.26 Å². The third kappa shape index (κ3) is 3.34. The van der Waals surface area contributed by atoms with Crippen molar-refractivity contribution in [2.75, 3.05) is 5.32 Å². The highest BCUT2D eigenvalue weighted by molar-refractivity contribution is 7.14. The maximum absolute atomic E-state index is 12.4. The largest absolute Gasteiger partial charge is 0.298 e. The zero-order valence-electron chi connectivity index (χ0n) is 13.3. The minimum Gasteiger partial charge on any atom is -0.298 e. The Morgan fingerprint density at radius 1 is 1.17 bits per heavy atom. The predicted molar refractivity (Wildman–Crippen MR) is 96.1 cm³/mol. The summed E-state index contributed by atoms with van der Waals surface area (Å²) in [6.45, 7) is 3.92. The van der Waals surface area contributed by atoms with Gasteiger partial charge < -0.3 is 0 Å². The topological polar surface area (TPSA) is 65.8 Å². The molecular weight excluding hydrogens is 318 g/mol. The molecule has 2 aromatic carbocycles. The molecule has 3 rings (SSSR count). The lowest BCUT2D eigenvalue weighted by molar-refractivity contribution is 0.102. The SMILES string of the molecule is Cc1ccc(C(=O)Nc2nc(-c3ccc(C#N)cc3)cs2)c(C)c1. The van der Waals surface area contributed by atoms with E-state index in [1.165, 1.54) is 11.3 Å². The van der Waals surface area contributed by atoms with Crippen molar-refractivity contribution in [3.05, 3.63) is 70.1 Å². The lowest BCUT2D eigenvalue weighted by atomic mass is 10.1. The molecule has 4 nitrogen and oxygen atoms in total. The summed E-state index contributed by atoms with van der Waals surface area (Å²) in [6, 6.07) is 15.0. The molecule has 0 radical (unpaired) electrons. The summed E-state index contributed by atoms with van der Waals surface area (Å²) in [5.41, 5.74) is 5.02. The van der Waals surface area contributed by atoms with E-state index < -0.39 is 0 Å². The number of aromatic nitrogens is 1. The van der Waals surface area contributed by atoms with Gasteiger partial charge in [-0.15, -0.1) is 11.3 Å². The van der Waals surface area contributed by atoms with Gasteiger partial charge in [0.25, 0.3) is 5.91 Å². The fourth-order valence-corrected chi connectivity index (χ4v) is 3.13. The van der Waals surface area contributed by atoms with Crippen LogP contribution in [0.4, 0.5) is 5.13 Å². The molecule has 5 heteroatoms. The molecule has 0 bridgehead atoms. The zero-order valence-corrected chi connectivity index (χ0v) is 14.1. The number of amides is 1. The van der Waals surface area contributed by atoms with Crippen LogP contribution in [0.5, 0.6) is 0 Å². The number of nitriles is 1. The second-order valence-corrected chi connectivity index (χ2v) is 6.36. The third-order valence-corrected chi connectivity index (χ3v) is 4.42. The van der Waals surface area contributed by atoms with Crippen molar-refractivity contribution in [1.82, 2.24) is 4.98 Å². The quantitative estimate of drug-likeness (QED) is 0.764. The van der Waals surface area contributed by atoms with Gasteiger partial charge >= 0.3 is 0 Å². The summed E-state index contributed by atoms with van der Waals surface area (Å²) in [6.07, 6.45) is 0. The van der Waals surface area contributed by atoms with E-state index in [9.17, 15) is 4.79 Å². The van der Waals surface area contributed by atoms with Gasteiger partial charge in [-0.2, -0.15) is 5.26 Å². The maximum atomic E-state index is 12.4. The van der Waals surface area contributed by atoms with Crippen LogP contribution in [0.2, 0.25) is 0 Å². The van der Waals surface area contributed by atoms with E-state index in [1.54, 1.807) is 12.1 Å². The smallest absolute Gasteiger partial charge is 0.257 e. The van der Waals surface area contributed by atoms with Crippen LogP contribution in [-0.2, 0) is 0 Å². The van der Waals surface area contributed by atoms with E-state index in [0.29, 0.717) is 16.3 Å². The Morgan fingerprint density at radius 3 is 2.58 bits per heavy atom. The van der Waals surface area contributed by atoms with Crippen LogP contribution >= 0.6 is 11.3 Å². The lowest BCUT2D eigenvalue weighted by Crippen LogP contribution is -2.13. The Hall–Kier alpha value is -2.97. The van der Waals surface area contributed by atoms with Gasteiger partial charge in [0, 0.05) is 16.5 Å². The third-order valence-electron chi connectivity index (χ3n) is 3.66. The van der Waals surface area contributed by atoms with Crippen molar-refractivity contribution in [3.8, 4) is 17.3 Å². The molecule has 0 atom stereocenters. The van der Waals surface area contributed by atoms with Crippen molar-refractivity contribution in [1.29, 1.82) is 5.26 Å². The second kappa shape index (κ2) is 6.65. The number of thiazole rings is 1. The van der Waals surface area contributed by atoms with Gasteiger partial charge in [-0.1, -0.05) is 29.8 Å². The van der Waals surface area contributed by atoms with E-state index in [0.717, 1.165) is 22.4 Å². The van der Waals surface area contributed by atoms with Crippen LogP contribution in [0.15, 0.2) is 47.8 Å². The molecule has 0 aliphatic rings. The van der Waals surface area contributed by atoms with Crippen molar-refractivity contribution in [3.63, 3.8) is 0 Å². The Morgan fingerprint density at radius 2 is 1.92 bits per heavy atom. The average Bonchev–Trinajstić information content (AvgIpc) is 3.03. The molecule has 1 N–H and O–H groups in total. The summed E-state index contributed by atoms with van der Waals surface area (Å²) >= 11 is 1.38. The normalized spacial score (nSPS) is 10.2. The molecule has 0 fully saturated rings. The molecule has 118 valence electrons. The first-order valence-corrected chi connectivity index (χ1v) is 8.29. The number of benzene rings is 2. The molecule has 1 aromatic heterocycles. The van der Waals surface area contributed by atoms with Gasteiger partial charge in [0.1, 0.15) is 0 Å². The summed E-state index contributed by atoms with van der Waals surface area (Å²) in [5, 5.41) is 14.1. The molecule has 0 spiro atoms. The van der Waals surface area contributed by atoms with Crippen molar-refractivity contribution < 1.29 is 4.79 Å². The highest BCUT2D eigenvalue weighted by Gasteiger charge is 2.12. The summed E-state index contributed by atoms with van der Waals surface area (Å²) in [7, 11) is 0. The Balaban J connectivity index is 1.78. The van der Waals surface area contributed by atoms with E-state index >= 15 is 0 Å². The minimum atomic E-state index is -0.159. The van der Waals surface area contributed by atoms with Gasteiger partial charge in [-0.25, -0.2) is 4.98 Å². The molecule has 1 heterocycles. The first-order valence-electron chi connectivity index (χ1n) is 7.41. The number of anilines is 1. The van der Waals surface area contributed by atoms with Crippen LogP contribution in [0.3, 0.4) is 0 Å². The zero-order chi connectivity index (χ0) is 17.1. The number of nitrogens with zero attached hydrogens (tertiary/aromatic N) is 2. The van der Waals surface area contributed by atoms with Crippen molar-refractivity contribution in [2.45, 2.75) is 13.8 Å². The molecule has 0 unspecified atom stereocenters. The number of rotatable bonds is 3. The standard InChI is InChI=1S/C19H15N3OS/c1-12-3-8-16(13(2)9-12)18(23)22-19-21-17(11-24-19)15-6-4-14(10-20)5-7-15/h3-9,11H,1-2H3,(H,21,22,23). The maximum Gasteiger partial charge on any atom is 0.257 e. The molecule has 0 saturated heterocycles. The van der Waals surface area contributed by atoms with Crippen molar-refractivity contribution in [2.24, 2.45) is 0 Å². The average molecular weight is 333 g/mol. The van der Waals surface area contributed by atoms with Crippen LogP contribution < -0.4 is 5.32 Å². The van der Waals surface area contributed by atoms with Crippen LogP contribution in [-0.4, -0.2) is 10.9 Å². The second-order valence-electron chi connectivity index (χ2n) is 5.50. The Labute approximate surface area is 144 Å². The molecule has 1 amide bonds. The monoisotopic (exact) mass is 333 g/mol.